The highest BCUT2D eigenvalue weighted by molar-refractivity contribution is 6.30. The lowest BCUT2D eigenvalue weighted by Crippen LogP contribution is -2.42. The van der Waals surface area contributed by atoms with Crippen molar-refractivity contribution in [3.63, 3.8) is 0 Å². The zero-order valence-corrected chi connectivity index (χ0v) is 12.0. The number of carbonyl (C=O) groups is 1. The van der Waals surface area contributed by atoms with Gasteiger partial charge in [0, 0.05) is 20.2 Å². The number of rotatable bonds is 4. The van der Waals surface area contributed by atoms with Gasteiger partial charge in [0.05, 0.1) is 6.61 Å². The van der Waals surface area contributed by atoms with Crippen molar-refractivity contribution in [1.29, 1.82) is 0 Å². The van der Waals surface area contributed by atoms with Crippen molar-refractivity contribution in [1.82, 2.24) is 4.90 Å². The van der Waals surface area contributed by atoms with E-state index in [4.69, 9.17) is 16.3 Å². The van der Waals surface area contributed by atoms with Crippen LogP contribution in [0.15, 0.2) is 30.3 Å². The Kier molecular flexibility index (Phi) is 5.23. The van der Waals surface area contributed by atoms with Crippen LogP contribution in [0, 0.1) is 5.92 Å². The predicted molar refractivity (Wildman–Crippen MR) is 76.2 cm³/mol. The molecule has 1 aliphatic rings. The molecule has 1 saturated heterocycles. The summed E-state index contributed by atoms with van der Waals surface area (Å²) < 4.78 is 5.18. The number of halogens is 1. The minimum Gasteiger partial charge on any atom is -0.384 e. The number of hydrogen-bond donors (Lipinski definition) is 0. The molecule has 1 aromatic rings. The van der Waals surface area contributed by atoms with Gasteiger partial charge in [0.2, 0.25) is 5.91 Å². The standard InChI is InChI=1S/C15H20ClNO2/c1-19-11-12-6-5-9-17(10-12)15(18)14(16)13-7-3-2-4-8-13/h2-4,7-8,12,14H,5-6,9-11H2,1H3. The summed E-state index contributed by atoms with van der Waals surface area (Å²) in [5, 5.41) is -0.581. The molecular formula is C15H20ClNO2. The first kappa shape index (κ1) is 14.4. The maximum absolute atomic E-state index is 12.4. The van der Waals surface area contributed by atoms with Gasteiger partial charge in [-0.05, 0) is 24.3 Å². The van der Waals surface area contributed by atoms with Crippen molar-refractivity contribution in [3.8, 4) is 0 Å². The second-order valence-electron chi connectivity index (χ2n) is 5.02. The molecule has 1 heterocycles. The smallest absolute Gasteiger partial charge is 0.245 e. The Hall–Kier alpha value is -1.06. The zero-order valence-electron chi connectivity index (χ0n) is 11.2. The van der Waals surface area contributed by atoms with Crippen molar-refractivity contribution in [2.75, 3.05) is 26.8 Å². The van der Waals surface area contributed by atoms with E-state index in [0.717, 1.165) is 31.5 Å². The third-order valence-corrected chi connectivity index (χ3v) is 3.98. The Morgan fingerprint density at radius 1 is 1.47 bits per heavy atom. The van der Waals surface area contributed by atoms with E-state index in [1.165, 1.54) is 0 Å². The Balaban J connectivity index is 1.99. The summed E-state index contributed by atoms with van der Waals surface area (Å²) in [6.07, 6.45) is 2.15. The van der Waals surface area contributed by atoms with Gasteiger partial charge in [0.25, 0.3) is 0 Å². The summed E-state index contributed by atoms with van der Waals surface area (Å²) in [5.74, 6) is 0.441. The van der Waals surface area contributed by atoms with Crippen LogP contribution in [-0.2, 0) is 9.53 Å². The van der Waals surface area contributed by atoms with Crippen LogP contribution in [0.25, 0.3) is 0 Å². The molecule has 1 fully saturated rings. The molecule has 1 aliphatic heterocycles. The molecule has 3 nitrogen and oxygen atoms in total. The van der Waals surface area contributed by atoms with Gasteiger partial charge in [0.15, 0.2) is 0 Å². The average molecular weight is 282 g/mol. The predicted octanol–water partition coefficient (Wildman–Crippen LogP) is 2.85. The van der Waals surface area contributed by atoms with Gasteiger partial charge in [-0.2, -0.15) is 0 Å². The fourth-order valence-electron chi connectivity index (χ4n) is 2.56. The van der Waals surface area contributed by atoms with E-state index in [2.05, 4.69) is 0 Å². The van der Waals surface area contributed by atoms with Gasteiger partial charge >= 0.3 is 0 Å². The molecular weight excluding hydrogens is 262 g/mol. The number of piperidine rings is 1. The molecule has 2 atom stereocenters. The van der Waals surface area contributed by atoms with Crippen molar-refractivity contribution in [2.45, 2.75) is 18.2 Å². The molecule has 2 rings (SSSR count). The fourth-order valence-corrected chi connectivity index (χ4v) is 2.85. The van der Waals surface area contributed by atoms with Crippen LogP contribution in [0.5, 0.6) is 0 Å². The van der Waals surface area contributed by atoms with E-state index in [1.54, 1.807) is 7.11 Å². The molecule has 0 N–H and O–H groups in total. The molecule has 0 bridgehead atoms. The van der Waals surface area contributed by atoms with E-state index in [-0.39, 0.29) is 5.91 Å². The second-order valence-corrected chi connectivity index (χ2v) is 5.46. The summed E-state index contributed by atoms with van der Waals surface area (Å²) >= 11 is 6.29. The fraction of sp³-hybridized carbons (Fsp3) is 0.533. The highest BCUT2D eigenvalue weighted by Gasteiger charge is 2.28. The highest BCUT2D eigenvalue weighted by atomic mass is 35.5. The Bertz CT molecular complexity index is 408. The Morgan fingerprint density at radius 2 is 2.21 bits per heavy atom. The molecule has 0 saturated carbocycles. The second kappa shape index (κ2) is 6.92. The van der Waals surface area contributed by atoms with Crippen LogP contribution in [0.4, 0.5) is 0 Å². The lowest BCUT2D eigenvalue weighted by Gasteiger charge is -2.33. The molecule has 104 valence electrons. The Morgan fingerprint density at radius 3 is 2.89 bits per heavy atom. The van der Waals surface area contributed by atoms with E-state index in [1.807, 2.05) is 35.2 Å². The number of alkyl halides is 1. The lowest BCUT2D eigenvalue weighted by molar-refractivity contribution is -0.133. The number of methoxy groups -OCH3 is 1. The van der Waals surface area contributed by atoms with E-state index < -0.39 is 5.38 Å². The molecule has 4 heteroatoms. The number of ether oxygens (including phenoxy) is 1. The number of benzene rings is 1. The van der Waals surface area contributed by atoms with E-state index >= 15 is 0 Å². The summed E-state index contributed by atoms with van der Waals surface area (Å²) in [7, 11) is 1.70. The van der Waals surface area contributed by atoms with E-state index in [0.29, 0.717) is 12.5 Å². The maximum atomic E-state index is 12.4. The van der Waals surface area contributed by atoms with Crippen LogP contribution in [-0.4, -0.2) is 37.6 Å². The van der Waals surface area contributed by atoms with Crippen LogP contribution in [0.3, 0.4) is 0 Å². The van der Waals surface area contributed by atoms with Crippen LogP contribution in [0.2, 0.25) is 0 Å². The number of amides is 1. The van der Waals surface area contributed by atoms with Crippen LogP contribution >= 0.6 is 11.6 Å². The summed E-state index contributed by atoms with van der Waals surface area (Å²) in [4.78, 5) is 14.3. The molecule has 0 aliphatic carbocycles. The van der Waals surface area contributed by atoms with Crippen molar-refractivity contribution >= 4 is 17.5 Å². The van der Waals surface area contributed by atoms with Gasteiger partial charge in [-0.15, -0.1) is 11.6 Å². The molecule has 0 spiro atoms. The SMILES string of the molecule is COCC1CCCN(C(=O)C(Cl)c2ccccc2)C1. The first-order chi connectivity index (χ1) is 9.22. The highest BCUT2D eigenvalue weighted by Crippen LogP contribution is 2.26. The third-order valence-electron chi connectivity index (χ3n) is 3.54. The van der Waals surface area contributed by atoms with E-state index in [9.17, 15) is 4.79 Å². The molecule has 0 radical (unpaired) electrons. The quantitative estimate of drug-likeness (QED) is 0.794. The topological polar surface area (TPSA) is 29.5 Å². The minimum atomic E-state index is -0.581. The normalized spacial score (nSPS) is 21.2. The minimum absolute atomic E-state index is 0.00803. The molecule has 1 aromatic carbocycles. The molecule has 0 aromatic heterocycles. The first-order valence-corrected chi connectivity index (χ1v) is 7.12. The van der Waals surface area contributed by atoms with Crippen molar-refractivity contribution in [3.05, 3.63) is 35.9 Å². The number of nitrogens with zero attached hydrogens (tertiary/aromatic N) is 1. The van der Waals surface area contributed by atoms with Crippen molar-refractivity contribution < 1.29 is 9.53 Å². The number of carbonyl (C=O) groups excluding carboxylic acids is 1. The summed E-state index contributed by atoms with van der Waals surface area (Å²) in [5.41, 5.74) is 0.864. The summed E-state index contributed by atoms with van der Waals surface area (Å²) in [6, 6.07) is 9.52. The molecule has 1 amide bonds. The molecule has 2 unspecified atom stereocenters. The molecule has 19 heavy (non-hydrogen) atoms. The van der Waals surface area contributed by atoms with Gasteiger partial charge in [-0.1, -0.05) is 30.3 Å². The Labute approximate surface area is 119 Å². The number of likely N-dealkylation sites (tertiary alicyclic amines) is 1. The number of hydrogen-bond acceptors (Lipinski definition) is 2. The van der Waals surface area contributed by atoms with Gasteiger partial charge in [0.1, 0.15) is 5.38 Å². The van der Waals surface area contributed by atoms with Gasteiger partial charge < -0.3 is 9.64 Å². The van der Waals surface area contributed by atoms with Gasteiger partial charge in [-0.3, -0.25) is 4.79 Å². The first-order valence-electron chi connectivity index (χ1n) is 6.69. The third kappa shape index (κ3) is 3.71. The zero-order chi connectivity index (χ0) is 13.7. The maximum Gasteiger partial charge on any atom is 0.245 e. The van der Waals surface area contributed by atoms with Crippen molar-refractivity contribution in [2.24, 2.45) is 5.92 Å². The van der Waals surface area contributed by atoms with Crippen LogP contribution in [0.1, 0.15) is 23.8 Å². The van der Waals surface area contributed by atoms with Gasteiger partial charge in [-0.25, -0.2) is 0 Å². The lowest BCUT2D eigenvalue weighted by atomic mass is 9.98. The average Bonchev–Trinajstić information content (AvgIpc) is 2.47. The monoisotopic (exact) mass is 281 g/mol. The largest absolute Gasteiger partial charge is 0.384 e. The van der Waals surface area contributed by atoms with Crippen LogP contribution < -0.4 is 0 Å². The summed E-state index contributed by atoms with van der Waals surface area (Å²) in [6.45, 7) is 2.26.